The van der Waals surface area contributed by atoms with E-state index in [4.69, 9.17) is 5.73 Å². The summed E-state index contributed by atoms with van der Waals surface area (Å²) in [6, 6.07) is 0. The fourth-order valence-electron chi connectivity index (χ4n) is 0.264. The van der Waals surface area contributed by atoms with Crippen LogP contribution in [-0.2, 0) is 9.53 Å². The summed E-state index contributed by atoms with van der Waals surface area (Å²) in [6.07, 6.45) is -0.505. The molecule has 0 aliphatic carbocycles. The van der Waals surface area contributed by atoms with E-state index < -0.39 is 6.23 Å². The highest BCUT2D eigenvalue weighted by molar-refractivity contribution is 5.37. The minimum absolute atomic E-state index is 0.166. The van der Waals surface area contributed by atoms with Gasteiger partial charge in [-0.3, -0.25) is 10.5 Å². The normalized spacial score (nSPS) is 14.7. The second kappa shape index (κ2) is 2.82. The second-order valence-electron chi connectivity index (χ2n) is 3.02. The van der Waals surface area contributed by atoms with Crippen LogP contribution < -0.4 is 5.73 Å². The van der Waals surface area contributed by atoms with Crippen LogP contribution in [0.4, 0.5) is 0 Å². The predicted molar refractivity (Wildman–Crippen MR) is 34.6 cm³/mol. The van der Waals surface area contributed by atoms with E-state index >= 15 is 0 Å². The van der Waals surface area contributed by atoms with Crippen molar-refractivity contribution in [1.29, 1.82) is 0 Å². The molecular formula is C6H13NO2. The molecule has 0 aliphatic heterocycles. The number of rotatable bonds is 2. The summed E-state index contributed by atoms with van der Waals surface area (Å²) in [5.41, 5.74) is 5.24. The van der Waals surface area contributed by atoms with Crippen LogP contribution >= 0.6 is 0 Å². The fraction of sp³-hybridized carbons (Fsp3) is 0.833. The molecule has 0 fully saturated rings. The second-order valence-corrected chi connectivity index (χ2v) is 3.02. The van der Waals surface area contributed by atoms with Crippen molar-refractivity contribution in [3.05, 3.63) is 0 Å². The first kappa shape index (κ1) is 8.43. The van der Waals surface area contributed by atoms with Crippen LogP contribution in [0, 0.1) is 5.41 Å². The molecule has 0 aromatic rings. The highest BCUT2D eigenvalue weighted by Gasteiger charge is 2.21. The Bertz CT molecular complexity index is 95.7. The van der Waals surface area contributed by atoms with Gasteiger partial charge in [-0.15, -0.1) is 0 Å². The van der Waals surface area contributed by atoms with Crippen molar-refractivity contribution in [3.63, 3.8) is 0 Å². The number of hydrogen-bond donors (Lipinski definition) is 1. The standard InChI is InChI=1S/C6H13NO2/c1-6(2,3)5(7)9-4-8/h4-5H,7H2,1-3H3/t5-/m1/s1. The first-order chi connectivity index (χ1) is 3.98. The number of nitrogens with two attached hydrogens (primary N) is 1. The lowest BCUT2D eigenvalue weighted by Gasteiger charge is -2.24. The first-order valence-corrected chi connectivity index (χ1v) is 2.83. The summed E-state index contributed by atoms with van der Waals surface area (Å²) in [4.78, 5) is 9.76. The molecule has 3 heteroatoms. The SMILES string of the molecule is CC(C)(C)[C@H](N)OC=O. The van der Waals surface area contributed by atoms with Crippen LogP contribution in [0.3, 0.4) is 0 Å². The molecule has 0 aliphatic rings. The molecule has 2 N–H and O–H groups in total. The number of carbonyl (C=O) groups is 1. The Kier molecular flexibility index (Phi) is 2.65. The van der Waals surface area contributed by atoms with Crippen LogP contribution in [0.25, 0.3) is 0 Å². The molecule has 0 saturated heterocycles. The summed E-state index contributed by atoms with van der Waals surface area (Å²) in [6.45, 7) is 6.08. The minimum Gasteiger partial charge on any atom is -0.448 e. The zero-order chi connectivity index (χ0) is 7.49. The Morgan fingerprint density at radius 2 is 2.00 bits per heavy atom. The van der Waals surface area contributed by atoms with E-state index in [0.29, 0.717) is 6.47 Å². The van der Waals surface area contributed by atoms with Gasteiger partial charge in [0.2, 0.25) is 0 Å². The van der Waals surface area contributed by atoms with Crippen molar-refractivity contribution in [1.82, 2.24) is 0 Å². The van der Waals surface area contributed by atoms with E-state index in [-0.39, 0.29) is 5.41 Å². The average molecular weight is 131 g/mol. The third kappa shape index (κ3) is 3.08. The van der Waals surface area contributed by atoms with Crippen LogP contribution in [0.1, 0.15) is 20.8 Å². The highest BCUT2D eigenvalue weighted by atomic mass is 16.5. The van der Waals surface area contributed by atoms with Crippen LogP contribution in [0.5, 0.6) is 0 Å². The quantitative estimate of drug-likeness (QED) is 0.438. The van der Waals surface area contributed by atoms with Crippen LogP contribution in [-0.4, -0.2) is 12.7 Å². The lowest BCUT2D eigenvalue weighted by molar-refractivity contribution is -0.138. The van der Waals surface area contributed by atoms with Gasteiger partial charge >= 0.3 is 0 Å². The molecular weight excluding hydrogens is 118 g/mol. The van der Waals surface area contributed by atoms with E-state index in [0.717, 1.165) is 0 Å². The maximum Gasteiger partial charge on any atom is 0.294 e. The van der Waals surface area contributed by atoms with Crippen molar-refractivity contribution in [2.24, 2.45) is 11.1 Å². The first-order valence-electron chi connectivity index (χ1n) is 2.83. The van der Waals surface area contributed by atoms with Crippen molar-refractivity contribution >= 4 is 6.47 Å². The van der Waals surface area contributed by atoms with E-state index in [1.807, 2.05) is 20.8 Å². The van der Waals surface area contributed by atoms with Gasteiger partial charge in [-0.05, 0) is 0 Å². The molecule has 0 heterocycles. The Morgan fingerprint density at radius 3 is 2.11 bits per heavy atom. The smallest absolute Gasteiger partial charge is 0.294 e. The van der Waals surface area contributed by atoms with Crippen molar-refractivity contribution in [3.8, 4) is 0 Å². The van der Waals surface area contributed by atoms with Crippen molar-refractivity contribution in [2.75, 3.05) is 0 Å². The Labute approximate surface area is 55.2 Å². The summed E-state index contributed by atoms with van der Waals surface area (Å²) >= 11 is 0. The Balaban J connectivity index is 3.72. The predicted octanol–water partition coefficient (Wildman–Crippen LogP) is 0.490. The van der Waals surface area contributed by atoms with Crippen LogP contribution in [0.15, 0.2) is 0 Å². The third-order valence-corrected chi connectivity index (χ3v) is 1.06. The lowest BCUT2D eigenvalue weighted by Crippen LogP contribution is -2.37. The molecule has 1 atom stereocenters. The van der Waals surface area contributed by atoms with Gasteiger partial charge in [-0.25, -0.2) is 0 Å². The average Bonchev–Trinajstić information content (AvgIpc) is 1.64. The van der Waals surface area contributed by atoms with Gasteiger partial charge in [-0.1, -0.05) is 20.8 Å². The van der Waals surface area contributed by atoms with Gasteiger partial charge in [0.1, 0.15) is 0 Å². The molecule has 54 valence electrons. The lowest BCUT2D eigenvalue weighted by atomic mass is 9.95. The number of carbonyl (C=O) groups excluding carboxylic acids is 1. The molecule has 3 nitrogen and oxygen atoms in total. The Hall–Kier alpha value is -0.570. The topological polar surface area (TPSA) is 52.3 Å². The van der Waals surface area contributed by atoms with Gasteiger partial charge in [0.05, 0.1) is 0 Å². The van der Waals surface area contributed by atoms with Crippen molar-refractivity contribution in [2.45, 2.75) is 27.0 Å². The molecule has 0 saturated carbocycles. The molecule has 0 radical (unpaired) electrons. The molecule has 0 amide bonds. The largest absolute Gasteiger partial charge is 0.448 e. The zero-order valence-corrected chi connectivity index (χ0v) is 6.05. The maximum atomic E-state index is 9.76. The molecule has 0 aromatic heterocycles. The van der Waals surface area contributed by atoms with Gasteiger partial charge < -0.3 is 4.74 Å². The molecule has 0 spiro atoms. The van der Waals surface area contributed by atoms with Gasteiger partial charge in [0, 0.05) is 5.41 Å². The molecule has 0 unspecified atom stereocenters. The molecule has 0 aromatic carbocycles. The molecule has 0 bridgehead atoms. The zero-order valence-electron chi connectivity index (χ0n) is 6.05. The summed E-state index contributed by atoms with van der Waals surface area (Å²) in [5.74, 6) is 0. The van der Waals surface area contributed by atoms with Gasteiger partial charge in [-0.2, -0.15) is 0 Å². The van der Waals surface area contributed by atoms with E-state index in [9.17, 15) is 4.79 Å². The van der Waals surface area contributed by atoms with E-state index in [1.54, 1.807) is 0 Å². The molecule has 9 heavy (non-hydrogen) atoms. The monoisotopic (exact) mass is 131 g/mol. The number of hydrogen-bond acceptors (Lipinski definition) is 3. The maximum absolute atomic E-state index is 9.76. The van der Waals surface area contributed by atoms with E-state index in [1.165, 1.54) is 0 Å². The molecule has 0 rings (SSSR count). The van der Waals surface area contributed by atoms with Gasteiger partial charge in [0.15, 0.2) is 6.23 Å². The van der Waals surface area contributed by atoms with Gasteiger partial charge in [0.25, 0.3) is 6.47 Å². The minimum atomic E-state index is -0.505. The summed E-state index contributed by atoms with van der Waals surface area (Å²) in [5, 5.41) is 0. The van der Waals surface area contributed by atoms with Crippen LogP contribution in [0.2, 0.25) is 0 Å². The van der Waals surface area contributed by atoms with E-state index in [2.05, 4.69) is 4.74 Å². The Morgan fingerprint density at radius 1 is 1.56 bits per heavy atom. The fourth-order valence-corrected chi connectivity index (χ4v) is 0.264. The highest BCUT2D eigenvalue weighted by Crippen LogP contribution is 2.16. The number of ether oxygens (including phenoxy) is 1. The summed E-state index contributed by atoms with van der Waals surface area (Å²) in [7, 11) is 0. The van der Waals surface area contributed by atoms with Crippen molar-refractivity contribution < 1.29 is 9.53 Å². The third-order valence-electron chi connectivity index (χ3n) is 1.06. The summed E-state index contributed by atoms with van der Waals surface area (Å²) < 4.78 is 4.50.